The molecule has 0 saturated heterocycles. The molecule has 0 aliphatic carbocycles. The van der Waals surface area contributed by atoms with E-state index in [1.165, 1.54) is 5.69 Å². The van der Waals surface area contributed by atoms with Gasteiger partial charge in [-0.15, -0.1) is 0 Å². The number of hydrogen-bond donors (Lipinski definition) is 1. The van der Waals surface area contributed by atoms with Gasteiger partial charge in [0.2, 0.25) is 0 Å². The molecule has 4 heteroatoms. The summed E-state index contributed by atoms with van der Waals surface area (Å²) in [4.78, 5) is 4.34. The molecule has 1 aromatic heterocycles. The topological polar surface area (TPSA) is 39.1 Å². The lowest BCUT2D eigenvalue weighted by Crippen LogP contribution is -2.24. The quantitative estimate of drug-likeness (QED) is 0.718. The molecular formula is C12H23N3O. The molecule has 4 nitrogen and oxygen atoms in total. The summed E-state index contributed by atoms with van der Waals surface area (Å²) in [6, 6.07) is 0.496. The van der Waals surface area contributed by atoms with Crippen LogP contribution in [0.25, 0.3) is 0 Å². The molecule has 0 aliphatic rings. The Kier molecular flexibility index (Phi) is 5.49. The summed E-state index contributed by atoms with van der Waals surface area (Å²) >= 11 is 0. The van der Waals surface area contributed by atoms with Crippen molar-refractivity contribution in [3.8, 4) is 0 Å². The molecule has 1 heterocycles. The largest absolute Gasteiger partial charge is 0.380 e. The smallest absolute Gasteiger partial charge is 0.105 e. The first-order chi connectivity index (χ1) is 7.65. The van der Waals surface area contributed by atoms with E-state index in [0.29, 0.717) is 6.04 Å². The van der Waals surface area contributed by atoms with Crippen molar-refractivity contribution in [2.45, 2.75) is 46.8 Å². The van der Waals surface area contributed by atoms with Gasteiger partial charge in [-0.25, -0.2) is 4.98 Å². The first kappa shape index (κ1) is 13.2. The van der Waals surface area contributed by atoms with Crippen molar-refractivity contribution in [3.63, 3.8) is 0 Å². The third kappa shape index (κ3) is 3.94. The highest BCUT2D eigenvalue weighted by Gasteiger charge is 2.06. The maximum absolute atomic E-state index is 5.37. The van der Waals surface area contributed by atoms with Crippen LogP contribution in [0.1, 0.15) is 32.3 Å². The van der Waals surface area contributed by atoms with Crippen molar-refractivity contribution in [1.82, 2.24) is 14.9 Å². The van der Waals surface area contributed by atoms with Gasteiger partial charge in [0.25, 0.3) is 0 Å². The van der Waals surface area contributed by atoms with Gasteiger partial charge in [-0.05, 0) is 13.8 Å². The normalized spacial score (nSPS) is 11.3. The number of hydrogen-bond acceptors (Lipinski definition) is 3. The Labute approximate surface area is 98.0 Å². The van der Waals surface area contributed by atoms with Crippen molar-refractivity contribution < 1.29 is 4.74 Å². The van der Waals surface area contributed by atoms with Crippen LogP contribution < -0.4 is 5.32 Å². The minimum absolute atomic E-state index is 0.496. The minimum Gasteiger partial charge on any atom is -0.380 e. The molecule has 0 unspecified atom stereocenters. The van der Waals surface area contributed by atoms with Crippen LogP contribution in [0.4, 0.5) is 0 Å². The molecule has 0 radical (unpaired) electrons. The van der Waals surface area contributed by atoms with E-state index in [4.69, 9.17) is 4.74 Å². The SMILES string of the molecule is CCOCCn1c(CNC(C)C)cnc1C. The van der Waals surface area contributed by atoms with Crippen LogP contribution in [0.5, 0.6) is 0 Å². The number of rotatable bonds is 7. The Hall–Kier alpha value is -0.870. The van der Waals surface area contributed by atoms with E-state index in [1.807, 2.05) is 20.0 Å². The third-order valence-electron chi connectivity index (χ3n) is 2.49. The minimum atomic E-state index is 0.496. The van der Waals surface area contributed by atoms with Crippen molar-refractivity contribution >= 4 is 0 Å². The molecule has 1 N–H and O–H groups in total. The second kappa shape index (κ2) is 6.66. The summed E-state index contributed by atoms with van der Waals surface area (Å²) in [6.07, 6.45) is 1.94. The molecule has 0 spiro atoms. The van der Waals surface area contributed by atoms with Gasteiger partial charge >= 0.3 is 0 Å². The zero-order chi connectivity index (χ0) is 12.0. The zero-order valence-corrected chi connectivity index (χ0v) is 10.8. The Morgan fingerprint density at radius 3 is 2.88 bits per heavy atom. The maximum Gasteiger partial charge on any atom is 0.105 e. The van der Waals surface area contributed by atoms with E-state index in [9.17, 15) is 0 Å². The molecule has 0 aromatic carbocycles. The highest BCUT2D eigenvalue weighted by Crippen LogP contribution is 2.05. The lowest BCUT2D eigenvalue weighted by Gasteiger charge is -2.12. The molecule has 16 heavy (non-hydrogen) atoms. The van der Waals surface area contributed by atoms with Crippen LogP contribution in [0.3, 0.4) is 0 Å². The van der Waals surface area contributed by atoms with Gasteiger partial charge in [0, 0.05) is 31.9 Å². The summed E-state index contributed by atoms with van der Waals surface area (Å²) in [5, 5.41) is 3.40. The van der Waals surface area contributed by atoms with E-state index >= 15 is 0 Å². The Morgan fingerprint density at radius 1 is 1.50 bits per heavy atom. The molecule has 0 bridgehead atoms. The average molecular weight is 225 g/mol. The summed E-state index contributed by atoms with van der Waals surface area (Å²) < 4.78 is 7.59. The first-order valence-electron chi connectivity index (χ1n) is 5.97. The standard InChI is InChI=1S/C12H23N3O/c1-5-16-7-6-15-11(4)14-9-12(15)8-13-10(2)3/h9-10,13H,5-8H2,1-4H3. The van der Waals surface area contributed by atoms with Crippen LogP contribution in [0.15, 0.2) is 6.20 Å². The predicted octanol–water partition coefficient (Wildman–Crippen LogP) is 1.73. The number of ether oxygens (including phenoxy) is 1. The number of imidazole rings is 1. The highest BCUT2D eigenvalue weighted by molar-refractivity contribution is 5.04. The fourth-order valence-corrected chi connectivity index (χ4v) is 1.57. The molecule has 0 atom stereocenters. The second-order valence-corrected chi connectivity index (χ2v) is 4.18. The zero-order valence-electron chi connectivity index (χ0n) is 10.8. The van der Waals surface area contributed by atoms with Crippen LogP contribution in [-0.2, 0) is 17.8 Å². The van der Waals surface area contributed by atoms with Gasteiger partial charge in [0.1, 0.15) is 5.82 Å². The van der Waals surface area contributed by atoms with Crippen molar-refractivity contribution in [1.29, 1.82) is 0 Å². The molecule has 1 rings (SSSR count). The fourth-order valence-electron chi connectivity index (χ4n) is 1.57. The number of aromatic nitrogens is 2. The molecule has 0 fully saturated rings. The molecule has 1 aromatic rings. The fraction of sp³-hybridized carbons (Fsp3) is 0.750. The van der Waals surface area contributed by atoms with E-state index in [1.54, 1.807) is 0 Å². The number of nitrogens with zero attached hydrogens (tertiary/aromatic N) is 2. The van der Waals surface area contributed by atoms with E-state index < -0.39 is 0 Å². The first-order valence-corrected chi connectivity index (χ1v) is 5.97. The maximum atomic E-state index is 5.37. The highest BCUT2D eigenvalue weighted by atomic mass is 16.5. The Morgan fingerprint density at radius 2 is 2.25 bits per heavy atom. The lowest BCUT2D eigenvalue weighted by molar-refractivity contribution is 0.138. The van der Waals surface area contributed by atoms with Crippen LogP contribution in [0.2, 0.25) is 0 Å². The molecule has 0 saturated carbocycles. The van der Waals surface area contributed by atoms with Crippen molar-refractivity contribution in [2.24, 2.45) is 0 Å². The Balaban J connectivity index is 2.55. The van der Waals surface area contributed by atoms with E-state index in [0.717, 1.165) is 32.1 Å². The number of aryl methyl sites for hydroxylation is 1. The summed E-state index contributed by atoms with van der Waals surface area (Å²) in [5.41, 5.74) is 1.23. The van der Waals surface area contributed by atoms with Crippen LogP contribution >= 0.6 is 0 Å². The lowest BCUT2D eigenvalue weighted by atomic mass is 10.3. The summed E-state index contributed by atoms with van der Waals surface area (Å²) in [5.74, 6) is 1.06. The van der Waals surface area contributed by atoms with Crippen LogP contribution in [0, 0.1) is 6.92 Å². The predicted molar refractivity (Wildman–Crippen MR) is 65.4 cm³/mol. The molecular weight excluding hydrogens is 202 g/mol. The van der Waals surface area contributed by atoms with E-state index in [-0.39, 0.29) is 0 Å². The molecule has 0 aliphatic heterocycles. The van der Waals surface area contributed by atoms with Crippen LogP contribution in [-0.4, -0.2) is 28.8 Å². The van der Waals surface area contributed by atoms with Gasteiger partial charge in [0.05, 0.1) is 12.3 Å². The van der Waals surface area contributed by atoms with E-state index in [2.05, 4.69) is 28.7 Å². The third-order valence-corrected chi connectivity index (χ3v) is 2.49. The van der Waals surface area contributed by atoms with Gasteiger partial charge in [-0.1, -0.05) is 13.8 Å². The molecule has 92 valence electrons. The Bertz CT molecular complexity index is 307. The average Bonchev–Trinajstić information content (AvgIpc) is 2.58. The monoisotopic (exact) mass is 225 g/mol. The van der Waals surface area contributed by atoms with Crippen molar-refractivity contribution in [2.75, 3.05) is 13.2 Å². The second-order valence-electron chi connectivity index (χ2n) is 4.18. The van der Waals surface area contributed by atoms with Gasteiger partial charge in [-0.2, -0.15) is 0 Å². The summed E-state index contributed by atoms with van der Waals surface area (Å²) in [7, 11) is 0. The van der Waals surface area contributed by atoms with Gasteiger partial charge in [-0.3, -0.25) is 0 Å². The van der Waals surface area contributed by atoms with Crippen molar-refractivity contribution in [3.05, 3.63) is 17.7 Å². The number of nitrogens with one attached hydrogen (secondary N) is 1. The van der Waals surface area contributed by atoms with Gasteiger partial charge < -0.3 is 14.6 Å². The molecule has 0 amide bonds. The van der Waals surface area contributed by atoms with Gasteiger partial charge in [0.15, 0.2) is 0 Å². The summed E-state index contributed by atoms with van der Waals surface area (Å²) in [6.45, 7) is 11.6.